The van der Waals surface area contributed by atoms with E-state index in [9.17, 15) is 0 Å². The largest absolute Gasteiger partial charge is 0.438 e. The van der Waals surface area contributed by atoms with E-state index < -0.39 is 0 Å². The molecule has 122 valence electrons. The normalized spacial score (nSPS) is 14.2. The van der Waals surface area contributed by atoms with Crippen LogP contribution in [0.1, 0.15) is 11.1 Å². The van der Waals surface area contributed by atoms with Crippen LogP contribution in [0.2, 0.25) is 0 Å². The Hall–Kier alpha value is -3.40. The number of nitrogens with zero attached hydrogens (tertiary/aromatic N) is 1. The first kappa shape index (κ1) is 14.0. The highest BCUT2D eigenvalue weighted by Gasteiger charge is 2.33. The molecule has 1 aliphatic heterocycles. The van der Waals surface area contributed by atoms with Gasteiger partial charge in [0.25, 0.3) is 0 Å². The van der Waals surface area contributed by atoms with Crippen molar-refractivity contribution in [3.63, 3.8) is 0 Å². The monoisotopic (exact) mass is 327 g/mol. The fourth-order valence-corrected chi connectivity index (χ4v) is 3.70. The van der Waals surface area contributed by atoms with E-state index in [1.807, 2.05) is 49.5 Å². The molecule has 0 aromatic heterocycles. The molecule has 0 saturated heterocycles. The second-order valence-electron chi connectivity index (χ2n) is 6.42. The zero-order valence-corrected chi connectivity index (χ0v) is 13.8. The predicted octanol–water partition coefficient (Wildman–Crippen LogP) is 4.08. The Balaban J connectivity index is 1.83. The van der Waals surface area contributed by atoms with Crippen molar-refractivity contribution in [2.75, 3.05) is 23.4 Å². The summed E-state index contributed by atoms with van der Waals surface area (Å²) in [5.41, 5.74) is 20.2. The van der Waals surface area contributed by atoms with Crippen molar-refractivity contribution in [3.05, 3.63) is 77.7 Å². The summed E-state index contributed by atoms with van der Waals surface area (Å²) in [7, 11) is 2.02. The highest BCUT2D eigenvalue weighted by atomic mass is 16.5. The molecule has 4 heteroatoms. The Labute approximate surface area is 145 Å². The SMILES string of the molecule is CN1C(=C2c3cc(N)ccc3-c3ccc(N)cc32)Oc2ccccc21. The van der Waals surface area contributed by atoms with Gasteiger partial charge in [0.05, 0.1) is 11.3 Å². The molecule has 0 spiro atoms. The lowest BCUT2D eigenvalue weighted by Crippen LogP contribution is -2.15. The van der Waals surface area contributed by atoms with Gasteiger partial charge in [-0.25, -0.2) is 0 Å². The number of anilines is 3. The molecule has 0 radical (unpaired) electrons. The minimum Gasteiger partial charge on any atom is -0.438 e. The predicted molar refractivity (Wildman–Crippen MR) is 102 cm³/mol. The van der Waals surface area contributed by atoms with E-state index in [-0.39, 0.29) is 0 Å². The lowest BCUT2D eigenvalue weighted by atomic mass is 10.0. The van der Waals surface area contributed by atoms with Gasteiger partial charge in [-0.1, -0.05) is 24.3 Å². The molecule has 5 rings (SSSR count). The maximum atomic E-state index is 6.22. The van der Waals surface area contributed by atoms with E-state index in [0.29, 0.717) is 0 Å². The van der Waals surface area contributed by atoms with Crippen LogP contribution in [0.5, 0.6) is 5.75 Å². The van der Waals surface area contributed by atoms with E-state index in [0.717, 1.165) is 56.5 Å². The first-order valence-electron chi connectivity index (χ1n) is 8.18. The molecular formula is C21H17N3O. The van der Waals surface area contributed by atoms with Gasteiger partial charge in [-0.05, 0) is 58.7 Å². The number of nitrogens with two attached hydrogens (primary N) is 2. The zero-order chi connectivity index (χ0) is 17.1. The Morgan fingerprint density at radius 1 is 0.760 bits per heavy atom. The van der Waals surface area contributed by atoms with Crippen molar-refractivity contribution < 1.29 is 4.74 Å². The van der Waals surface area contributed by atoms with Gasteiger partial charge in [-0.3, -0.25) is 0 Å². The van der Waals surface area contributed by atoms with Gasteiger partial charge in [0, 0.05) is 18.4 Å². The summed E-state index contributed by atoms with van der Waals surface area (Å²) in [6.07, 6.45) is 0. The number of hydrogen-bond donors (Lipinski definition) is 2. The molecule has 3 aromatic rings. The molecule has 0 amide bonds. The third-order valence-electron chi connectivity index (χ3n) is 4.87. The Kier molecular flexibility index (Phi) is 2.69. The van der Waals surface area contributed by atoms with Crippen LogP contribution in [-0.2, 0) is 0 Å². The van der Waals surface area contributed by atoms with Crippen LogP contribution >= 0.6 is 0 Å². The molecule has 4 nitrogen and oxygen atoms in total. The standard InChI is InChI=1S/C21H17N3O/c1-24-18-4-2-3-5-19(18)25-21(24)20-16-10-12(22)6-8-14(16)15-9-7-13(23)11-17(15)20/h2-11H,22-23H2,1H3. The molecule has 1 heterocycles. The minimum absolute atomic E-state index is 0.732. The van der Waals surface area contributed by atoms with Gasteiger partial charge >= 0.3 is 0 Å². The molecule has 0 fully saturated rings. The molecule has 0 unspecified atom stereocenters. The number of nitrogen functional groups attached to an aromatic ring is 2. The third kappa shape index (κ3) is 1.88. The van der Waals surface area contributed by atoms with Crippen LogP contribution in [0.25, 0.3) is 16.7 Å². The van der Waals surface area contributed by atoms with Gasteiger partial charge in [-0.15, -0.1) is 0 Å². The molecule has 2 aliphatic rings. The van der Waals surface area contributed by atoms with Crippen LogP contribution in [0.3, 0.4) is 0 Å². The first-order valence-corrected chi connectivity index (χ1v) is 8.18. The van der Waals surface area contributed by atoms with E-state index in [4.69, 9.17) is 16.2 Å². The first-order chi connectivity index (χ1) is 12.1. The highest BCUT2D eigenvalue weighted by molar-refractivity contribution is 6.04. The fourth-order valence-electron chi connectivity index (χ4n) is 3.70. The average molecular weight is 327 g/mol. The average Bonchev–Trinajstić information content (AvgIpc) is 3.09. The molecular weight excluding hydrogens is 310 g/mol. The summed E-state index contributed by atoms with van der Waals surface area (Å²) in [5.74, 6) is 1.66. The van der Waals surface area contributed by atoms with Crippen LogP contribution in [-0.4, -0.2) is 7.05 Å². The van der Waals surface area contributed by atoms with Crippen molar-refractivity contribution >= 4 is 22.6 Å². The smallest absolute Gasteiger partial charge is 0.208 e. The Morgan fingerprint density at radius 3 is 1.96 bits per heavy atom. The zero-order valence-electron chi connectivity index (χ0n) is 13.8. The topological polar surface area (TPSA) is 64.5 Å². The van der Waals surface area contributed by atoms with Crippen LogP contribution in [0, 0.1) is 0 Å². The van der Waals surface area contributed by atoms with E-state index in [2.05, 4.69) is 23.1 Å². The van der Waals surface area contributed by atoms with Crippen molar-refractivity contribution in [2.45, 2.75) is 0 Å². The maximum absolute atomic E-state index is 6.22. The summed E-state index contributed by atoms with van der Waals surface area (Å²) >= 11 is 0. The summed E-state index contributed by atoms with van der Waals surface area (Å²) in [5, 5.41) is 0. The highest BCUT2D eigenvalue weighted by Crippen LogP contribution is 2.50. The van der Waals surface area contributed by atoms with E-state index >= 15 is 0 Å². The van der Waals surface area contributed by atoms with Crippen molar-refractivity contribution in [2.24, 2.45) is 0 Å². The van der Waals surface area contributed by atoms with Gasteiger partial charge in [0.1, 0.15) is 0 Å². The van der Waals surface area contributed by atoms with E-state index in [1.54, 1.807) is 0 Å². The van der Waals surface area contributed by atoms with Gasteiger partial charge in [0.2, 0.25) is 5.88 Å². The van der Waals surface area contributed by atoms with Gasteiger partial charge in [-0.2, -0.15) is 0 Å². The van der Waals surface area contributed by atoms with Crippen molar-refractivity contribution in [1.29, 1.82) is 0 Å². The Morgan fingerprint density at radius 2 is 1.36 bits per heavy atom. The molecule has 0 bridgehead atoms. The lowest BCUT2D eigenvalue weighted by molar-refractivity contribution is 0.447. The second kappa shape index (κ2) is 4.80. The second-order valence-corrected chi connectivity index (χ2v) is 6.42. The number of fused-ring (bicyclic) bond motifs is 4. The molecule has 1 aliphatic carbocycles. The number of ether oxygens (including phenoxy) is 1. The van der Waals surface area contributed by atoms with Gasteiger partial charge in [0.15, 0.2) is 5.75 Å². The molecule has 0 saturated carbocycles. The fraction of sp³-hybridized carbons (Fsp3) is 0.0476. The van der Waals surface area contributed by atoms with Crippen LogP contribution in [0.15, 0.2) is 66.5 Å². The maximum Gasteiger partial charge on any atom is 0.208 e. The molecule has 0 atom stereocenters. The number of hydrogen-bond acceptors (Lipinski definition) is 4. The summed E-state index contributed by atoms with van der Waals surface area (Å²) in [6, 6.07) is 20.0. The summed E-state index contributed by atoms with van der Waals surface area (Å²) in [4.78, 5) is 2.08. The number of benzene rings is 3. The molecule has 25 heavy (non-hydrogen) atoms. The quantitative estimate of drug-likeness (QED) is 0.478. The lowest BCUT2D eigenvalue weighted by Gasteiger charge is -2.15. The minimum atomic E-state index is 0.732. The van der Waals surface area contributed by atoms with Crippen molar-refractivity contribution in [3.8, 4) is 16.9 Å². The third-order valence-corrected chi connectivity index (χ3v) is 4.87. The van der Waals surface area contributed by atoms with Crippen molar-refractivity contribution in [1.82, 2.24) is 0 Å². The van der Waals surface area contributed by atoms with Crippen LogP contribution < -0.4 is 21.1 Å². The number of rotatable bonds is 0. The van der Waals surface area contributed by atoms with Crippen LogP contribution in [0.4, 0.5) is 17.1 Å². The van der Waals surface area contributed by atoms with Gasteiger partial charge < -0.3 is 21.1 Å². The summed E-state index contributed by atoms with van der Waals surface area (Å²) < 4.78 is 6.22. The summed E-state index contributed by atoms with van der Waals surface area (Å²) in [6.45, 7) is 0. The van der Waals surface area contributed by atoms with E-state index in [1.165, 1.54) is 0 Å². The number of para-hydroxylation sites is 2. The molecule has 4 N–H and O–H groups in total. The Bertz CT molecular complexity index is 1010. The molecule has 3 aromatic carbocycles.